The Kier molecular flexibility index (Phi) is 4.29. The van der Waals surface area contributed by atoms with Crippen LogP contribution in [0.25, 0.3) is 0 Å². The Morgan fingerprint density at radius 1 is 1.47 bits per heavy atom. The van der Waals surface area contributed by atoms with Crippen molar-refractivity contribution in [2.45, 2.75) is 17.9 Å². The highest BCUT2D eigenvalue weighted by Crippen LogP contribution is 2.38. The molecule has 1 saturated heterocycles. The van der Waals surface area contributed by atoms with Crippen LogP contribution >= 0.6 is 23.3 Å². The molecule has 1 aliphatic rings. The number of nitrogens with two attached hydrogens (primary N) is 1. The third-order valence-electron chi connectivity index (χ3n) is 3.02. The van der Waals surface area contributed by atoms with Crippen molar-refractivity contribution in [3.8, 4) is 0 Å². The van der Waals surface area contributed by atoms with Crippen LogP contribution in [0.3, 0.4) is 0 Å². The molecule has 1 aliphatic heterocycles. The minimum Gasteiger partial charge on any atom is -0.382 e. The van der Waals surface area contributed by atoms with Crippen molar-refractivity contribution in [3.05, 3.63) is 0 Å². The monoisotopic (exact) mass is 322 g/mol. The van der Waals surface area contributed by atoms with Crippen molar-refractivity contribution in [1.82, 2.24) is 8.68 Å². The molecule has 1 aromatic rings. The van der Waals surface area contributed by atoms with Gasteiger partial charge in [-0.3, -0.25) is 0 Å². The number of anilines is 2. The molecule has 9 heteroatoms. The summed E-state index contributed by atoms with van der Waals surface area (Å²) < 4.78 is 30.0. The van der Waals surface area contributed by atoms with E-state index in [0.717, 1.165) is 18.1 Å². The van der Waals surface area contributed by atoms with Crippen molar-refractivity contribution >= 4 is 44.1 Å². The fourth-order valence-corrected chi connectivity index (χ4v) is 5.27. The molecule has 6 nitrogen and oxygen atoms in total. The standard InChI is InChI=1S/C10H18N4O2S3/c1-7-6-17-5-4-14(7)10-8(9(11)12-18-10)19(15,16)13(2)3/h7H,4-6H2,1-3H3,(H2,11,12). The highest BCUT2D eigenvalue weighted by molar-refractivity contribution is 7.99. The maximum Gasteiger partial charge on any atom is 0.249 e. The molecule has 2 N–H and O–H groups in total. The fourth-order valence-electron chi connectivity index (χ4n) is 1.92. The fraction of sp³-hybridized carbons (Fsp3) is 0.700. The molecule has 0 bridgehead atoms. The molecule has 0 radical (unpaired) electrons. The van der Waals surface area contributed by atoms with E-state index in [1.807, 2.05) is 11.8 Å². The van der Waals surface area contributed by atoms with E-state index in [4.69, 9.17) is 5.73 Å². The third kappa shape index (κ3) is 2.69. The van der Waals surface area contributed by atoms with Gasteiger partial charge in [-0.25, -0.2) is 12.7 Å². The smallest absolute Gasteiger partial charge is 0.249 e. The topological polar surface area (TPSA) is 79.5 Å². The summed E-state index contributed by atoms with van der Waals surface area (Å²) in [4.78, 5) is 2.25. The predicted octanol–water partition coefficient (Wildman–Crippen LogP) is 0.917. The van der Waals surface area contributed by atoms with E-state index in [9.17, 15) is 8.42 Å². The highest BCUT2D eigenvalue weighted by Gasteiger charge is 2.32. The molecule has 1 unspecified atom stereocenters. The Labute approximate surface area is 122 Å². The lowest BCUT2D eigenvalue weighted by molar-refractivity contribution is 0.521. The number of nitrogen functional groups attached to an aromatic ring is 1. The van der Waals surface area contributed by atoms with Gasteiger partial charge in [0.2, 0.25) is 10.0 Å². The van der Waals surface area contributed by atoms with Gasteiger partial charge in [-0.1, -0.05) is 0 Å². The summed E-state index contributed by atoms with van der Waals surface area (Å²) in [7, 11) is -0.549. The summed E-state index contributed by atoms with van der Waals surface area (Å²) in [6.07, 6.45) is 0. The van der Waals surface area contributed by atoms with Crippen LogP contribution in [0.4, 0.5) is 10.8 Å². The predicted molar refractivity (Wildman–Crippen MR) is 81.5 cm³/mol. The Bertz CT molecular complexity index is 555. The lowest BCUT2D eigenvalue weighted by Gasteiger charge is -2.34. The summed E-state index contributed by atoms with van der Waals surface area (Å²) in [5.41, 5.74) is 5.78. The van der Waals surface area contributed by atoms with Crippen LogP contribution in [-0.2, 0) is 10.0 Å². The first-order valence-corrected chi connectivity index (χ1v) is 9.24. The van der Waals surface area contributed by atoms with E-state index in [1.165, 1.54) is 29.9 Å². The van der Waals surface area contributed by atoms with Gasteiger partial charge in [0.05, 0.1) is 0 Å². The largest absolute Gasteiger partial charge is 0.382 e. The molecule has 19 heavy (non-hydrogen) atoms. The molecule has 0 aliphatic carbocycles. The number of hydrogen-bond donors (Lipinski definition) is 1. The zero-order chi connectivity index (χ0) is 14.2. The third-order valence-corrected chi connectivity index (χ3v) is 7.12. The van der Waals surface area contributed by atoms with E-state index >= 15 is 0 Å². The second kappa shape index (κ2) is 5.47. The van der Waals surface area contributed by atoms with Gasteiger partial charge in [-0.05, 0) is 18.5 Å². The van der Waals surface area contributed by atoms with Gasteiger partial charge >= 0.3 is 0 Å². The van der Waals surface area contributed by atoms with Gasteiger partial charge in [0.1, 0.15) is 5.00 Å². The molecule has 1 fully saturated rings. The molecule has 0 saturated carbocycles. The van der Waals surface area contributed by atoms with Crippen molar-refractivity contribution in [2.24, 2.45) is 0 Å². The summed E-state index contributed by atoms with van der Waals surface area (Å²) in [6.45, 7) is 2.91. The molecule has 2 heterocycles. The van der Waals surface area contributed by atoms with Crippen LogP contribution in [0.5, 0.6) is 0 Å². The summed E-state index contributed by atoms with van der Waals surface area (Å²) in [5.74, 6) is 2.07. The lowest BCUT2D eigenvalue weighted by atomic mass is 10.3. The van der Waals surface area contributed by atoms with E-state index in [-0.39, 0.29) is 16.8 Å². The van der Waals surface area contributed by atoms with E-state index in [0.29, 0.717) is 5.00 Å². The first kappa shape index (κ1) is 14.9. The van der Waals surface area contributed by atoms with Crippen LogP contribution in [0.2, 0.25) is 0 Å². The normalized spacial score (nSPS) is 21.1. The van der Waals surface area contributed by atoms with Crippen LogP contribution in [0.15, 0.2) is 4.90 Å². The highest BCUT2D eigenvalue weighted by atomic mass is 32.2. The van der Waals surface area contributed by atoms with E-state index in [2.05, 4.69) is 16.2 Å². The summed E-state index contributed by atoms with van der Waals surface area (Å²) >= 11 is 3.05. The summed E-state index contributed by atoms with van der Waals surface area (Å²) in [6, 6.07) is 0.287. The molecular formula is C10H18N4O2S3. The maximum atomic E-state index is 12.4. The number of nitrogens with zero attached hydrogens (tertiary/aromatic N) is 3. The van der Waals surface area contributed by atoms with E-state index in [1.54, 1.807) is 0 Å². The minimum absolute atomic E-state index is 0.0964. The number of rotatable bonds is 3. The van der Waals surface area contributed by atoms with Crippen molar-refractivity contribution in [2.75, 3.05) is 42.8 Å². The van der Waals surface area contributed by atoms with Crippen molar-refractivity contribution < 1.29 is 8.42 Å². The first-order valence-electron chi connectivity index (χ1n) is 5.87. The zero-order valence-corrected chi connectivity index (χ0v) is 13.6. The zero-order valence-electron chi connectivity index (χ0n) is 11.2. The average Bonchev–Trinajstić information content (AvgIpc) is 2.72. The molecule has 0 spiro atoms. The molecular weight excluding hydrogens is 304 g/mol. The maximum absolute atomic E-state index is 12.4. The molecule has 1 aromatic heterocycles. The second-order valence-electron chi connectivity index (χ2n) is 4.61. The second-order valence-corrected chi connectivity index (χ2v) is 8.60. The molecule has 108 valence electrons. The molecule has 2 rings (SSSR count). The van der Waals surface area contributed by atoms with Gasteiger partial charge in [0.15, 0.2) is 10.7 Å². The molecule has 0 aromatic carbocycles. The lowest BCUT2D eigenvalue weighted by Crippen LogP contribution is -2.41. The number of thioether (sulfide) groups is 1. The van der Waals surface area contributed by atoms with Gasteiger partial charge < -0.3 is 10.6 Å². The van der Waals surface area contributed by atoms with Gasteiger partial charge in [-0.2, -0.15) is 16.1 Å². The van der Waals surface area contributed by atoms with Crippen LogP contribution < -0.4 is 10.6 Å². The number of aromatic nitrogens is 1. The van der Waals surface area contributed by atoms with Gasteiger partial charge in [-0.15, -0.1) is 0 Å². The SMILES string of the molecule is CC1CSCCN1c1snc(N)c1S(=O)(=O)N(C)C. The van der Waals surface area contributed by atoms with Gasteiger partial charge in [0, 0.05) is 38.2 Å². The van der Waals surface area contributed by atoms with E-state index < -0.39 is 10.0 Å². The quantitative estimate of drug-likeness (QED) is 0.891. The summed E-state index contributed by atoms with van der Waals surface area (Å²) in [5, 5.41) is 0.666. The Hall–Kier alpha value is -0.510. The first-order chi connectivity index (χ1) is 8.85. The van der Waals surface area contributed by atoms with Crippen LogP contribution in [0.1, 0.15) is 6.92 Å². The Morgan fingerprint density at radius 2 is 2.16 bits per heavy atom. The molecule has 0 amide bonds. The Morgan fingerprint density at radius 3 is 2.74 bits per heavy atom. The van der Waals surface area contributed by atoms with Crippen LogP contribution in [0, 0.1) is 0 Å². The van der Waals surface area contributed by atoms with Crippen molar-refractivity contribution in [1.29, 1.82) is 0 Å². The van der Waals surface area contributed by atoms with Gasteiger partial charge in [0.25, 0.3) is 0 Å². The Balaban J connectivity index is 2.49. The molecule has 1 atom stereocenters. The number of sulfonamides is 1. The van der Waals surface area contributed by atoms with Crippen LogP contribution in [-0.4, -0.2) is 55.3 Å². The minimum atomic E-state index is -3.56. The number of hydrogen-bond acceptors (Lipinski definition) is 7. The van der Waals surface area contributed by atoms with Crippen molar-refractivity contribution in [3.63, 3.8) is 0 Å². The average molecular weight is 322 g/mol.